The molecule has 172 valence electrons. The second-order valence-electron chi connectivity index (χ2n) is 7.98. The molecule has 1 saturated carbocycles. The zero-order valence-electron chi connectivity index (χ0n) is 17.1. The Morgan fingerprint density at radius 1 is 0.909 bits per heavy atom. The van der Waals surface area contributed by atoms with E-state index >= 15 is 0 Å². The number of halogens is 4. The molecule has 1 aliphatic carbocycles. The zero-order valence-corrected chi connectivity index (χ0v) is 21.8. The van der Waals surface area contributed by atoms with Crippen molar-refractivity contribution in [1.82, 2.24) is 10.0 Å². The van der Waals surface area contributed by atoms with Gasteiger partial charge in [0.15, 0.2) is 5.78 Å². The van der Waals surface area contributed by atoms with Gasteiger partial charge in [-0.2, -0.15) is 5.01 Å². The summed E-state index contributed by atoms with van der Waals surface area (Å²) in [5, 5.41) is 2.38. The van der Waals surface area contributed by atoms with Gasteiger partial charge in [-0.1, -0.05) is 67.2 Å². The summed E-state index contributed by atoms with van der Waals surface area (Å²) < 4.78 is 0. The van der Waals surface area contributed by atoms with Crippen LogP contribution in [0.1, 0.15) is 33.6 Å². The van der Waals surface area contributed by atoms with Crippen LogP contribution in [0.5, 0.6) is 0 Å². The number of carbonyl (C=O) groups excluding carboxylic acids is 4. The van der Waals surface area contributed by atoms with Gasteiger partial charge in [-0.3, -0.25) is 19.2 Å². The minimum atomic E-state index is -0.700. The van der Waals surface area contributed by atoms with Crippen molar-refractivity contribution in [1.29, 1.82) is 0 Å². The van der Waals surface area contributed by atoms with Crippen molar-refractivity contribution in [2.45, 2.75) is 22.5 Å². The van der Waals surface area contributed by atoms with Crippen molar-refractivity contribution in [2.75, 3.05) is 6.54 Å². The molecule has 0 bridgehead atoms. The van der Waals surface area contributed by atoms with E-state index in [0.29, 0.717) is 23.4 Å². The topological polar surface area (TPSA) is 74.8 Å². The molecule has 4 atom stereocenters. The summed E-state index contributed by atoms with van der Waals surface area (Å²) in [7, 11) is 0. The Morgan fingerprint density at radius 3 is 2.00 bits per heavy atom. The number of ketones is 1. The minimum Gasteiger partial charge on any atom is -0.292 e. The van der Waals surface area contributed by atoms with E-state index in [2.05, 4.69) is 31.9 Å². The lowest BCUT2D eigenvalue weighted by Gasteiger charge is -2.30. The summed E-state index contributed by atoms with van der Waals surface area (Å²) in [4.78, 5) is 53.3. The Morgan fingerprint density at radius 2 is 1.45 bits per heavy atom. The van der Waals surface area contributed by atoms with E-state index in [-0.39, 0.29) is 20.2 Å². The molecule has 0 unspecified atom stereocenters. The summed E-state index contributed by atoms with van der Waals surface area (Å²) >= 11 is 19.2. The van der Waals surface area contributed by atoms with E-state index < -0.39 is 41.9 Å². The van der Waals surface area contributed by atoms with E-state index in [1.165, 1.54) is 24.3 Å². The van der Waals surface area contributed by atoms with Crippen LogP contribution in [-0.2, 0) is 9.59 Å². The van der Waals surface area contributed by atoms with E-state index in [0.717, 1.165) is 10.0 Å². The van der Waals surface area contributed by atoms with Gasteiger partial charge in [-0.25, -0.2) is 5.01 Å². The maximum atomic E-state index is 13.5. The summed E-state index contributed by atoms with van der Waals surface area (Å²) in [5.74, 6) is -3.25. The SMILES string of the molecule is O=C(CN(C(=O)c1ccccc1Cl)N1C(=O)[C@@H]2C[C@@H](Br)[C@@H](Br)C[C@H]2C1=O)c1ccc(Cl)cc1. The molecule has 1 saturated heterocycles. The molecule has 0 radical (unpaired) electrons. The fraction of sp³-hybridized carbons (Fsp3) is 0.304. The number of hydrogen-bond acceptors (Lipinski definition) is 4. The molecule has 33 heavy (non-hydrogen) atoms. The number of nitrogens with zero attached hydrogens (tertiary/aromatic N) is 2. The molecule has 2 aliphatic rings. The molecule has 0 aromatic heterocycles. The standard InChI is InChI=1S/C23H18Br2Cl2N2O4/c24-17-9-15-16(10-18(17)25)23(33)29(22(15)32)28(21(31)14-3-1-2-4-19(14)27)11-20(30)12-5-7-13(26)8-6-12/h1-8,15-18H,9-11H2/t15-,16-,17-,18+/m1/s1. The minimum absolute atomic E-state index is 0.0128. The molecule has 0 N–H and O–H groups in total. The second-order valence-corrected chi connectivity index (χ2v) is 11.2. The third-order valence-corrected chi connectivity index (χ3v) is 9.24. The molecule has 2 fully saturated rings. The Hall–Kier alpha value is -1.74. The number of alkyl halides is 2. The van der Waals surface area contributed by atoms with E-state index in [1.54, 1.807) is 24.3 Å². The smallest absolute Gasteiger partial charge is 0.274 e. The van der Waals surface area contributed by atoms with Gasteiger partial charge in [0.25, 0.3) is 17.7 Å². The van der Waals surface area contributed by atoms with Crippen molar-refractivity contribution in [3.05, 3.63) is 69.7 Å². The van der Waals surface area contributed by atoms with Crippen molar-refractivity contribution < 1.29 is 19.2 Å². The quantitative estimate of drug-likeness (QED) is 0.264. The van der Waals surface area contributed by atoms with Crippen molar-refractivity contribution >= 4 is 78.6 Å². The lowest BCUT2D eigenvalue weighted by molar-refractivity contribution is -0.154. The Balaban J connectivity index is 1.71. The molecule has 1 heterocycles. The predicted molar refractivity (Wildman–Crippen MR) is 132 cm³/mol. The predicted octanol–water partition coefficient (Wildman–Crippen LogP) is 5.16. The number of hydrogen-bond donors (Lipinski definition) is 0. The van der Waals surface area contributed by atoms with E-state index in [4.69, 9.17) is 23.2 Å². The molecule has 6 nitrogen and oxygen atoms in total. The number of fused-ring (bicyclic) bond motifs is 1. The van der Waals surface area contributed by atoms with Crippen LogP contribution in [0.2, 0.25) is 10.0 Å². The summed E-state index contributed by atoms with van der Waals surface area (Å²) in [6.07, 6.45) is 0.891. The van der Waals surface area contributed by atoms with Crippen LogP contribution in [0.15, 0.2) is 48.5 Å². The monoisotopic (exact) mass is 614 g/mol. The molecule has 4 rings (SSSR count). The maximum Gasteiger partial charge on any atom is 0.274 e. The van der Waals surface area contributed by atoms with Gasteiger partial charge in [0.2, 0.25) is 0 Å². The zero-order chi connectivity index (χ0) is 23.9. The Kier molecular flexibility index (Phi) is 7.29. The van der Waals surface area contributed by atoms with Crippen LogP contribution in [0, 0.1) is 11.8 Å². The highest BCUT2D eigenvalue weighted by atomic mass is 79.9. The van der Waals surface area contributed by atoms with Crippen molar-refractivity contribution in [3.63, 3.8) is 0 Å². The second kappa shape index (κ2) is 9.86. The lowest BCUT2D eigenvalue weighted by atomic mass is 9.81. The van der Waals surface area contributed by atoms with Crippen LogP contribution >= 0.6 is 55.1 Å². The number of imide groups is 1. The molecule has 10 heteroatoms. The molecule has 2 aromatic rings. The number of rotatable bonds is 5. The number of Topliss-reactive ketones (excluding diaryl/α,β-unsaturated/α-hetero) is 1. The first-order chi connectivity index (χ1) is 15.7. The number of amides is 3. The highest BCUT2D eigenvalue weighted by molar-refractivity contribution is 9.12. The summed E-state index contributed by atoms with van der Waals surface area (Å²) in [5.41, 5.74) is 0.393. The third-order valence-electron chi connectivity index (χ3n) is 5.93. The largest absolute Gasteiger partial charge is 0.292 e. The van der Waals surface area contributed by atoms with Gasteiger partial charge in [0.1, 0.15) is 6.54 Å². The Bertz CT molecular complexity index is 1100. The van der Waals surface area contributed by atoms with Gasteiger partial charge >= 0.3 is 0 Å². The van der Waals surface area contributed by atoms with Crippen LogP contribution in [-0.4, -0.2) is 49.7 Å². The highest BCUT2D eigenvalue weighted by Crippen LogP contribution is 2.43. The van der Waals surface area contributed by atoms with Crippen LogP contribution in [0.25, 0.3) is 0 Å². The van der Waals surface area contributed by atoms with Gasteiger partial charge in [0, 0.05) is 20.2 Å². The average molecular weight is 617 g/mol. The van der Waals surface area contributed by atoms with Crippen molar-refractivity contribution in [3.8, 4) is 0 Å². The fourth-order valence-corrected chi connectivity index (χ4v) is 5.77. The van der Waals surface area contributed by atoms with Crippen LogP contribution in [0.4, 0.5) is 0 Å². The third kappa shape index (κ3) is 4.76. The molecular weight excluding hydrogens is 599 g/mol. The van der Waals surface area contributed by atoms with E-state index in [9.17, 15) is 19.2 Å². The van der Waals surface area contributed by atoms with Crippen LogP contribution in [0.3, 0.4) is 0 Å². The first-order valence-electron chi connectivity index (χ1n) is 10.2. The lowest BCUT2D eigenvalue weighted by Crippen LogP contribution is -2.52. The summed E-state index contributed by atoms with van der Waals surface area (Å²) in [6, 6.07) is 12.5. The normalized spacial score (nSPS) is 24.5. The van der Waals surface area contributed by atoms with E-state index in [1.807, 2.05) is 0 Å². The molecule has 1 aliphatic heterocycles. The van der Waals surface area contributed by atoms with Gasteiger partial charge in [-0.05, 0) is 49.2 Å². The highest BCUT2D eigenvalue weighted by Gasteiger charge is 2.54. The molecule has 0 spiro atoms. The first kappa shape index (κ1) is 24.4. The first-order valence-corrected chi connectivity index (χ1v) is 12.8. The van der Waals surface area contributed by atoms with Gasteiger partial charge in [-0.15, -0.1) is 0 Å². The molecular formula is C23H18Br2Cl2N2O4. The van der Waals surface area contributed by atoms with Gasteiger partial charge in [0.05, 0.1) is 22.4 Å². The van der Waals surface area contributed by atoms with Crippen LogP contribution < -0.4 is 0 Å². The molecule has 3 amide bonds. The maximum absolute atomic E-state index is 13.5. The number of benzene rings is 2. The van der Waals surface area contributed by atoms with Gasteiger partial charge < -0.3 is 0 Å². The Labute approximate surface area is 217 Å². The summed E-state index contributed by atoms with van der Waals surface area (Å²) in [6.45, 7) is -0.502. The average Bonchev–Trinajstić information content (AvgIpc) is 3.02. The number of hydrazine groups is 1. The number of carbonyl (C=O) groups is 4. The molecule has 2 aromatic carbocycles. The fourth-order valence-electron chi connectivity index (χ4n) is 4.19. The van der Waals surface area contributed by atoms with Crippen molar-refractivity contribution in [2.24, 2.45) is 11.8 Å².